The van der Waals surface area contributed by atoms with Crippen LogP contribution in [-0.2, 0) is 0 Å². The van der Waals surface area contributed by atoms with Gasteiger partial charge in [0.15, 0.2) is 17.8 Å². The van der Waals surface area contributed by atoms with Crippen LogP contribution in [0, 0.1) is 5.82 Å². The molecule has 0 bridgehead atoms. The highest BCUT2D eigenvalue weighted by atomic mass is 19.1. The van der Waals surface area contributed by atoms with Gasteiger partial charge in [0.05, 0.1) is 0 Å². The molecule has 0 N–H and O–H groups in total. The fraction of sp³-hybridized carbons (Fsp3) is 0.412. The van der Waals surface area contributed by atoms with Gasteiger partial charge < -0.3 is 9.32 Å². The number of piperazine rings is 1. The van der Waals surface area contributed by atoms with Crippen molar-refractivity contribution in [1.29, 1.82) is 0 Å². The van der Waals surface area contributed by atoms with E-state index in [9.17, 15) is 9.18 Å². The van der Waals surface area contributed by atoms with Crippen LogP contribution in [0.15, 0.2) is 35.1 Å². The maximum absolute atomic E-state index is 13.1. The molecule has 4 rings (SSSR count). The molecule has 6 heteroatoms. The lowest BCUT2D eigenvalue weighted by atomic mass is 10.1. The number of carbonyl (C=O) groups excluding carboxylic acids is 1. The minimum atomic E-state index is -0.321. The lowest BCUT2D eigenvalue weighted by Crippen LogP contribution is -2.52. The third kappa shape index (κ3) is 2.63. The number of hydrogen-bond donors (Lipinski definition) is 0. The monoisotopic (exact) mass is 315 g/mol. The first-order chi connectivity index (χ1) is 11.2. The SMILES string of the molecule is O=C(c1ncoc1-c1ccc(F)cc1)N1CCN2CCC[C@H]2C1. The Kier molecular flexibility index (Phi) is 3.61. The van der Waals surface area contributed by atoms with Crippen molar-refractivity contribution in [2.24, 2.45) is 0 Å². The van der Waals surface area contributed by atoms with E-state index in [1.807, 2.05) is 4.90 Å². The van der Waals surface area contributed by atoms with Gasteiger partial charge in [-0.1, -0.05) is 0 Å². The second-order valence-corrected chi connectivity index (χ2v) is 6.12. The molecule has 1 amide bonds. The summed E-state index contributed by atoms with van der Waals surface area (Å²) in [5, 5.41) is 0. The predicted molar refractivity (Wildman–Crippen MR) is 82.4 cm³/mol. The van der Waals surface area contributed by atoms with Gasteiger partial charge in [0.25, 0.3) is 5.91 Å². The third-order valence-corrected chi connectivity index (χ3v) is 4.75. The van der Waals surface area contributed by atoms with Crippen molar-refractivity contribution in [3.05, 3.63) is 42.2 Å². The number of carbonyl (C=O) groups is 1. The predicted octanol–water partition coefficient (Wildman–Crippen LogP) is 2.40. The number of rotatable bonds is 2. The van der Waals surface area contributed by atoms with Crippen LogP contribution in [0.5, 0.6) is 0 Å². The van der Waals surface area contributed by atoms with Crippen molar-refractivity contribution in [2.75, 3.05) is 26.2 Å². The maximum Gasteiger partial charge on any atom is 0.276 e. The average Bonchev–Trinajstić information content (AvgIpc) is 3.23. The number of oxazole rings is 1. The van der Waals surface area contributed by atoms with E-state index in [2.05, 4.69) is 9.88 Å². The summed E-state index contributed by atoms with van der Waals surface area (Å²) in [5.74, 6) is -0.0213. The summed E-state index contributed by atoms with van der Waals surface area (Å²) in [7, 11) is 0. The van der Waals surface area contributed by atoms with Gasteiger partial charge in [-0.05, 0) is 43.7 Å². The van der Waals surface area contributed by atoms with Crippen molar-refractivity contribution < 1.29 is 13.6 Å². The number of aromatic nitrogens is 1. The molecule has 23 heavy (non-hydrogen) atoms. The first-order valence-corrected chi connectivity index (χ1v) is 7.95. The second kappa shape index (κ2) is 5.77. The molecule has 2 aliphatic heterocycles. The quantitative estimate of drug-likeness (QED) is 0.854. The molecule has 1 atom stereocenters. The summed E-state index contributed by atoms with van der Waals surface area (Å²) < 4.78 is 18.5. The highest BCUT2D eigenvalue weighted by Gasteiger charge is 2.34. The van der Waals surface area contributed by atoms with Crippen LogP contribution in [0.2, 0.25) is 0 Å². The van der Waals surface area contributed by atoms with E-state index >= 15 is 0 Å². The number of hydrogen-bond acceptors (Lipinski definition) is 4. The molecule has 3 heterocycles. The molecule has 0 radical (unpaired) electrons. The summed E-state index contributed by atoms with van der Waals surface area (Å²) >= 11 is 0. The van der Waals surface area contributed by atoms with Gasteiger partial charge in [-0.3, -0.25) is 9.69 Å². The lowest BCUT2D eigenvalue weighted by Gasteiger charge is -2.37. The summed E-state index contributed by atoms with van der Waals surface area (Å²) in [6.45, 7) is 3.51. The van der Waals surface area contributed by atoms with E-state index in [1.54, 1.807) is 12.1 Å². The Labute approximate surface area is 133 Å². The van der Waals surface area contributed by atoms with Gasteiger partial charge in [-0.25, -0.2) is 9.37 Å². The van der Waals surface area contributed by atoms with Crippen LogP contribution in [0.1, 0.15) is 23.3 Å². The summed E-state index contributed by atoms with van der Waals surface area (Å²) in [6, 6.07) is 6.37. The smallest absolute Gasteiger partial charge is 0.276 e. The fourth-order valence-electron chi connectivity index (χ4n) is 3.53. The third-order valence-electron chi connectivity index (χ3n) is 4.75. The van der Waals surface area contributed by atoms with E-state index < -0.39 is 0 Å². The minimum Gasteiger partial charge on any atom is -0.443 e. The Hall–Kier alpha value is -2.21. The van der Waals surface area contributed by atoms with Gasteiger partial charge in [0.2, 0.25) is 0 Å². The van der Waals surface area contributed by atoms with Gasteiger partial charge in [-0.2, -0.15) is 0 Å². The number of benzene rings is 1. The number of amides is 1. The Morgan fingerprint density at radius 1 is 1.22 bits per heavy atom. The molecule has 0 spiro atoms. The van der Waals surface area contributed by atoms with Crippen molar-refractivity contribution in [2.45, 2.75) is 18.9 Å². The zero-order valence-electron chi connectivity index (χ0n) is 12.7. The molecule has 2 saturated heterocycles. The Morgan fingerprint density at radius 2 is 2.04 bits per heavy atom. The van der Waals surface area contributed by atoms with Gasteiger partial charge >= 0.3 is 0 Å². The molecule has 0 unspecified atom stereocenters. The maximum atomic E-state index is 13.1. The van der Waals surface area contributed by atoms with Crippen LogP contribution in [0.3, 0.4) is 0 Å². The van der Waals surface area contributed by atoms with Gasteiger partial charge in [0.1, 0.15) is 5.82 Å². The molecule has 1 aromatic heterocycles. The molecule has 2 aromatic rings. The van der Waals surface area contributed by atoms with Crippen LogP contribution in [0.4, 0.5) is 4.39 Å². The topological polar surface area (TPSA) is 49.6 Å². The Morgan fingerprint density at radius 3 is 2.87 bits per heavy atom. The zero-order chi connectivity index (χ0) is 15.8. The summed E-state index contributed by atoms with van der Waals surface area (Å²) in [6.07, 6.45) is 3.63. The van der Waals surface area contributed by atoms with Crippen molar-refractivity contribution in [3.8, 4) is 11.3 Å². The van der Waals surface area contributed by atoms with E-state index in [4.69, 9.17) is 4.42 Å². The van der Waals surface area contributed by atoms with E-state index in [-0.39, 0.29) is 11.7 Å². The second-order valence-electron chi connectivity index (χ2n) is 6.12. The zero-order valence-corrected chi connectivity index (χ0v) is 12.7. The first kappa shape index (κ1) is 14.4. The van der Waals surface area contributed by atoms with Crippen molar-refractivity contribution in [1.82, 2.24) is 14.8 Å². The fourth-order valence-corrected chi connectivity index (χ4v) is 3.53. The van der Waals surface area contributed by atoms with Gasteiger partial charge in [0, 0.05) is 31.2 Å². The average molecular weight is 315 g/mol. The van der Waals surface area contributed by atoms with E-state index in [0.717, 1.165) is 26.1 Å². The standard InChI is InChI=1S/C17H18FN3O2/c18-13-5-3-12(4-6-13)16-15(19-11-23-16)17(22)21-9-8-20-7-1-2-14(20)10-21/h3-6,11,14H,1-2,7-10H2/t14-/m0/s1. The Bertz CT molecular complexity index is 713. The number of halogens is 1. The first-order valence-electron chi connectivity index (χ1n) is 7.95. The highest BCUT2D eigenvalue weighted by Crippen LogP contribution is 2.27. The molecule has 120 valence electrons. The Balaban J connectivity index is 1.57. The molecule has 2 fully saturated rings. The molecular weight excluding hydrogens is 297 g/mol. The molecule has 5 nitrogen and oxygen atoms in total. The molecular formula is C17H18FN3O2. The summed E-state index contributed by atoms with van der Waals surface area (Å²) in [4.78, 5) is 21.2. The van der Waals surface area contributed by atoms with Gasteiger partial charge in [-0.15, -0.1) is 0 Å². The van der Waals surface area contributed by atoms with Crippen LogP contribution < -0.4 is 0 Å². The minimum absolute atomic E-state index is 0.107. The molecule has 0 saturated carbocycles. The number of nitrogens with zero attached hydrogens (tertiary/aromatic N) is 3. The molecule has 1 aromatic carbocycles. The summed E-state index contributed by atoms with van der Waals surface area (Å²) in [5.41, 5.74) is 0.967. The molecule has 0 aliphatic carbocycles. The molecule has 2 aliphatic rings. The van der Waals surface area contributed by atoms with Crippen molar-refractivity contribution >= 4 is 5.91 Å². The lowest BCUT2D eigenvalue weighted by molar-refractivity contribution is 0.0566. The van der Waals surface area contributed by atoms with Crippen LogP contribution >= 0.6 is 0 Å². The van der Waals surface area contributed by atoms with Crippen LogP contribution in [-0.4, -0.2) is 52.9 Å². The van der Waals surface area contributed by atoms with E-state index in [1.165, 1.54) is 24.9 Å². The van der Waals surface area contributed by atoms with Crippen LogP contribution in [0.25, 0.3) is 11.3 Å². The van der Waals surface area contributed by atoms with Crippen molar-refractivity contribution in [3.63, 3.8) is 0 Å². The number of fused-ring (bicyclic) bond motifs is 1. The van der Waals surface area contributed by atoms with E-state index in [0.29, 0.717) is 29.6 Å². The normalized spacial score (nSPS) is 21.4. The largest absolute Gasteiger partial charge is 0.443 e. The highest BCUT2D eigenvalue weighted by molar-refractivity contribution is 5.97.